The van der Waals surface area contributed by atoms with Crippen LogP contribution in [0.4, 0.5) is 0 Å². The molecule has 1 saturated heterocycles. The van der Waals surface area contributed by atoms with Gasteiger partial charge in [-0.2, -0.15) is 0 Å². The molecule has 3 unspecified atom stereocenters. The number of piperidine rings is 1. The van der Waals surface area contributed by atoms with Gasteiger partial charge in [0.2, 0.25) is 5.91 Å². The normalized spacial score (nSPS) is 18.1. The Morgan fingerprint density at radius 3 is 2.59 bits per heavy atom. The molecule has 1 N–H and O–H groups in total. The highest BCUT2D eigenvalue weighted by molar-refractivity contribution is 7.15. The van der Waals surface area contributed by atoms with E-state index in [0.29, 0.717) is 18.3 Å². The van der Waals surface area contributed by atoms with E-state index < -0.39 is 0 Å². The molecule has 29 heavy (non-hydrogen) atoms. The Hall–Kier alpha value is -1.14. The van der Waals surface area contributed by atoms with E-state index in [1.165, 1.54) is 17.7 Å². The van der Waals surface area contributed by atoms with E-state index in [1.807, 2.05) is 37.1 Å². The van der Waals surface area contributed by atoms with E-state index >= 15 is 0 Å². The van der Waals surface area contributed by atoms with E-state index in [1.54, 1.807) is 11.3 Å². The number of aromatic nitrogens is 1. The first kappa shape index (κ1) is 25.9. The van der Waals surface area contributed by atoms with Gasteiger partial charge in [-0.1, -0.05) is 37.3 Å². The molecule has 0 bridgehead atoms. The van der Waals surface area contributed by atoms with Crippen LogP contribution in [0.25, 0.3) is 10.6 Å². The summed E-state index contributed by atoms with van der Waals surface area (Å²) >= 11 is 1.70. The second-order valence-corrected chi connectivity index (χ2v) is 8.83. The quantitative estimate of drug-likeness (QED) is 0.621. The molecule has 1 amide bonds. The van der Waals surface area contributed by atoms with Crippen molar-refractivity contribution in [3.8, 4) is 10.6 Å². The van der Waals surface area contributed by atoms with Crippen molar-refractivity contribution in [2.45, 2.75) is 46.1 Å². The van der Waals surface area contributed by atoms with E-state index in [4.69, 9.17) is 4.98 Å². The summed E-state index contributed by atoms with van der Waals surface area (Å²) in [6, 6.07) is 10.3. The summed E-state index contributed by atoms with van der Waals surface area (Å²) in [6.45, 7) is 8.54. The van der Waals surface area contributed by atoms with Crippen molar-refractivity contribution >= 4 is 42.1 Å². The number of carbonyl (C=O) groups excluding carboxylic acids is 1. The van der Waals surface area contributed by atoms with E-state index in [9.17, 15) is 4.79 Å². The number of halogens is 2. The summed E-state index contributed by atoms with van der Waals surface area (Å²) in [5, 5.41) is 4.49. The SMILES string of the molecule is Cc1nc(-c2ccccc2)sc1C(C)N(C)C(=O)CC(C)C1CCCNC1.Cl.Cl. The van der Waals surface area contributed by atoms with Gasteiger partial charge in [0.1, 0.15) is 5.01 Å². The van der Waals surface area contributed by atoms with Gasteiger partial charge in [-0.25, -0.2) is 4.98 Å². The van der Waals surface area contributed by atoms with Crippen LogP contribution in [0, 0.1) is 18.8 Å². The van der Waals surface area contributed by atoms with Gasteiger partial charge in [-0.05, 0) is 51.6 Å². The number of hydrogen-bond acceptors (Lipinski definition) is 4. The average molecular weight is 458 g/mol. The van der Waals surface area contributed by atoms with Crippen molar-refractivity contribution in [2.75, 3.05) is 20.1 Å². The molecular formula is C22H33Cl2N3OS. The molecule has 3 atom stereocenters. The van der Waals surface area contributed by atoms with E-state index in [-0.39, 0.29) is 36.8 Å². The third-order valence-corrected chi connectivity index (χ3v) is 7.22. The van der Waals surface area contributed by atoms with Crippen LogP contribution in [0.2, 0.25) is 0 Å². The number of aryl methyl sites for hydroxylation is 1. The summed E-state index contributed by atoms with van der Waals surface area (Å²) in [4.78, 5) is 20.7. The van der Waals surface area contributed by atoms with E-state index in [2.05, 4.69) is 31.3 Å². The minimum absolute atomic E-state index is 0. The third kappa shape index (κ3) is 6.42. The van der Waals surface area contributed by atoms with Crippen LogP contribution < -0.4 is 5.32 Å². The first-order chi connectivity index (χ1) is 13.0. The van der Waals surface area contributed by atoms with Gasteiger partial charge in [0.25, 0.3) is 0 Å². The van der Waals surface area contributed by atoms with Crippen molar-refractivity contribution in [3.05, 3.63) is 40.9 Å². The van der Waals surface area contributed by atoms with Crippen LogP contribution in [0.1, 0.15) is 49.7 Å². The van der Waals surface area contributed by atoms with Crippen molar-refractivity contribution < 1.29 is 4.79 Å². The number of nitrogens with zero attached hydrogens (tertiary/aromatic N) is 2. The fourth-order valence-corrected chi connectivity index (χ4v) is 5.01. The molecule has 0 radical (unpaired) electrons. The molecule has 1 aromatic heterocycles. The highest BCUT2D eigenvalue weighted by Crippen LogP contribution is 2.34. The zero-order valence-electron chi connectivity index (χ0n) is 17.7. The van der Waals surface area contributed by atoms with E-state index in [0.717, 1.165) is 29.4 Å². The number of amides is 1. The molecule has 1 aliphatic rings. The molecule has 1 aromatic carbocycles. The first-order valence-electron chi connectivity index (χ1n) is 9.96. The van der Waals surface area contributed by atoms with Crippen LogP contribution in [-0.2, 0) is 4.79 Å². The number of carbonyl (C=O) groups is 1. The molecule has 0 spiro atoms. The maximum absolute atomic E-state index is 12.9. The number of rotatable bonds is 6. The fraction of sp³-hybridized carbons (Fsp3) is 0.545. The van der Waals surface area contributed by atoms with Crippen molar-refractivity contribution in [1.29, 1.82) is 0 Å². The summed E-state index contributed by atoms with van der Waals surface area (Å²) in [6.07, 6.45) is 3.07. The number of nitrogens with one attached hydrogen (secondary N) is 1. The molecule has 1 fully saturated rings. The van der Waals surface area contributed by atoms with Gasteiger partial charge in [0.15, 0.2) is 0 Å². The van der Waals surface area contributed by atoms with Crippen molar-refractivity contribution in [3.63, 3.8) is 0 Å². The highest BCUT2D eigenvalue weighted by Gasteiger charge is 2.27. The van der Waals surface area contributed by atoms with Gasteiger partial charge in [-0.15, -0.1) is 36.2 Å². The molecule has 1 aliphatic heterocycles. The lowest BCUT2D eigenvalue weighted by Gasteiger charge is -2.30. The Balaban J connectivity index is 0.00000210. The maximum Gasteiger partial charge on any atom is 0.223 e. The lowest BCUT2D eigenvalue weighted by atomic mass is 9.85. The van der Waals surface area contributed by atoms with Crippen LogP contribution in [-0.4, -0.2) is 35.9 Å². The average Bonchev–Trinajstić information content (AvgIpc) is 3.09. The molecule has 162 valence electrons. The molecule has 4 nitrogen and oxygen atoms in total. The maximum atomic E-state index is 12.9. The minimum Gasteiger partial charge on any atom is -0.338 e. The molecule has 0 saturated carbocycles. The Bertz CT molecular complexity index is 763. The largest absolute Gasteiger partial charge is 0.338 e. The monoisotopic (exact) mass is 457 g/mol. The van der Waals surface area contributed by atoms with Gasteiger partial charge in [0.05, 0.1) is 16.6 Å². The van der Waals surface area contributed by atoms with Crippen molar-refractivity contribution in [1.82, 2.24) is 15.2 Å². The Kier molecular flexibility index (Phi) is 10.6. The zero-order valence-corrected chi connectivity index (χ0v) is 20.1. The summed E-state index contributed by atoms with van der Waals surface area (Å²) in [5.41, 5.74) is 2.16. The second-order valence-electron chi connectivity index (χ2n) is 7.80. The number of hydrogen-bond donors (Lipinski definition) is 1. The molecule has 7 heteroatoms. The smallest absolute Gasteiger partial charge is 0.223 e. The van der Waals surface area contributed by atoms with Crippen LogP contribution >= 0.6 is 36.2 Å². The topological polar surface area (TPSA) is 45.2 Å². The van der Waals surface area contributed by atoms with Gasteiger partial charge in [0, 0.05) is 19.0 Å². The summed E-state index contributed by atoms with van der Waals surface area (Å²) < 4.78 is 0. The Labute approximate surface area is 191 Å². The standard InChI is InChI=1S/C22H31N3OS.2ClH/c1-15(19-11-8-12-23-14-19)13-20(26)25(4)17(3)21-16(2)24-22(27-21)18-9-6-5-7-10-18;;/h5-7,9-10,15,17,19,23H,8,11-14H2,1-4H3;2*1H. The van der Waals surface area contributed by atoms with Crippen LogP contribution in [0.5, 0.6) is 0 Å². The minimum atomic E-state index is 0. The Morgan fingerprint density at radius 2 is 1.97 bits per heavy atom. The predicted molar refractivity (Wildman–Crippen MR) is 127 cm³/mol. The fourth-order valence-electron chi connectivity index (χ4n) is 3.84. The summed E-state index contributed by atoms with van der Waals surface area (Å²) in [7, 11) is 1.93. The second kappa shape index (κ2) is 11.9. The van der Waals surface area contributed by atoms with Gasteiger partial charge in [-0.3, -0.25) is 4.79 Å². The highest BCUT2D eigenvalue weighted by atomic mass is 35.5. The number of benzene rings is 1. The molecule has 0 aliphatic carbocycles. The Morgan fingerprint density at radius 1 is 1.28 bits per heavy atom. The third-order valence-electron chi connectivity index (χ3n) is 5.84. The lowest BCUT2D eigenvalue weighted by Crippen LogP contribution is -2.36. The molecule has 2 aromatic rings. The lowest BCUT2D eigenvalue weighted by molar-refractivity contribution is -0.133. The molecular weight excluding hydrogens is 425 g/mol. The predicted octanol–water partition coefficient (Wildman–Crippen LogP) is 5.51. The number of thiazole rings is 1. The molecule has 2 heterocycles. The zero-order chi connectivity index (χ0) is 19.4. The summed E-state index contributed by atoms with van der Waals surface area (Å²) in [5.74, 6) is 1.26. The van der Waals surface area contributed by atoms with Crippen molar-refractivity contribution in [2.24, 2.45) is 11.8 Å². The van der Waals surface area contributed by atoms with Crippen LogP contribution in [0.3, 0.4) is 0 Å². The van der Waals surface area contributed by atoms with Gasteiger partial charge < -0.3 is 10.2 Å². The van der Waals surface area contributed by atoms with Crippen LogP contribution in [0.15, 0.2) is 30.3 Å². The molecule has 3 rings (SSSR count). The first-order valence-corrected chi connectivity index (χ1v) is 10.8. The van der Waals surface area contributed by atoms with Gasteiger partial charge >= 0.3 is 0 Å².